The van der Waals surface area contributed by atoms with Crippen LogP contribution in [0.25, 0.3) is 0 Å². The minimum Gasteiger partial charge on any atom is -0.392 e. The molecule has 1 unspecified atom stereocenters. The molecule has 100 valence electrons. The monoisotopic (exact) mass is 259 g/mol. The van der Waals surface area contributed by atoms with E-state index in [1.807, 2.05) is 19.9 Å². The van der Waals surface area contributed by atoms with E-state index < -0.39 is 11.7 Å². The van der Waals surface area contributed by atoms with Crippen LogP contribution in [0.5, 0.6) is 0 Å². The lowest BCUT2D eigenvalue weighted by molar-refractivity contribution is -0.115. The quantitative estimate of drug-likeness (QED) is 0.785. The van der Waals surface area contributed by atoms with Gasteiger partial charge in [-0.05, 0) is 43.4 Å². The molecule has 1 aromatic carbocycles. The minimum atomic E-state index is -0.450. The molecule has 0 bridgehead atoms. The highest BCUT2D eigenvalue weighted by molar-refractivity contribution is 6.52. The molecule has 4 heteroatoms. The Hall–Kier alpha value is -1.68. The zero-order valence-electron chi connectivity index (χ0n) is 11.4. The fourth-order valence-corrected chi connectivity index (χ4v) is 3.45. The van der Waals surface area contributed by atoms with Crippen LogP contribution in [0, 0.1) is 0 Å². The fraction of sp³-hybridized carbons (Fsp3) is 0.467. The summed E-state index contributed by atoms with van der Waals surface area (Å²) in [5.41, 5.74) is 2.57. The standard InChI is InChI=1S/C15H17NO3/c1-8-6-15(2,3)16-12-10(8)4-9(7-17)5-11(12)13(18)14(16)19/h4-5,8,17H,6-7H2,1-3H3. The molecule has 0 saturated heterocycles. The Balaban J connectivity index is 2.33. The SMILES string of the molecule is CC1CC(C)(C)N2C(=O)C(=O)c3cc(CO)cc1c32. The Morgan fingerprint density at radius 3 is 2.68 bits per heavy atom. The lowest BCUT2D eigenvalue weighted by Crippen LogP contribution is -2.50. The summed E-state index contributed by atoms with van der Waals surface area (Å²) in [5.74, 6) is -0.623. The fourth-order valence-electron chi connectivity index (χ4n) is 3.45. The maximum Gasteiger partial charge on any atom is 0.299 e. The molecular formula is C15H17NO3. The van der Waals surface area contributed by atoms with Gasteiger partial charge in [0.05, 0.1) is 17.9 Å². The second-order valence-corrected chi connectivity index (χ2v) is 6.13. The average Bonchev–Trinajstić information content (AvgIpc) is 2.60. The summed E-state index contributed by atoms with van der Waals surface area (Å²) >= 11 is 0. The van der Waals surface area contributed by atoms with Crippen molar-refractivity contribution in [3.63, 3.8) is 0 Å². The van der Waals surface area contributed by atoms with E-state index in [0.29, 0.717) is 11.1 Å². The van der Waals surface area contributed by atoms with Gasteiger partial charge in [0.2, 0.25) is 0 Å². The second-order valence-electron chi connectivity index (χ2n) is 6.13. The van der Waals surface area contributed by atoms with Crippen LogP contribution in [0.4, 0.5) is 5.69 Å². The molecule has 2 aliphatic heterocycles. The van der Waals surface area contributed by atoms with E-state index >= 15 is 0 Å². The van der Waals surface area contributed by atoms with E-state index in [4.69, 9.17) is 0 Å². The van der Waals surface area contributed by atoms with Crippen LogP contribution < -0.4 is 4.90 Å². The van der Waals surface area contributed by atoms with Gasteiger partial charge in [0, 0.05) is 5.54 Å². The molecule has 1 N–H and O–H groups in total. The third-order valence-corrected chi connectivity index (χ3v) is 4.19. The Morgan fingerprint density at radius 1 is 1.37 bits per heavy atom. The summed E-state index contributed by atoms with van der Waals surface area (Å²) in [6.07, 6.45) is 0.813. The summed E-state index contributed by atoms with van der Waals surface area (Å²) in [6.45, 7) is 5.97. The number of hydrogen-bond acceptors (Lipinski definition) is 3. The van der Waals surface area contributed by atoms with Gasteiger partial charge in [-0.3, -0.25) is 14.5 Å². The predicted molar refractivity (Wildman–Crippen MR) is 71.3 cm³/mol. The van der Waals surface area contributed by atoms with Crippen molar-refractivity contribution >= 4 is 17.4 Å². The summed E-state index contributed by atoms with van der Waals surface area (Å²) in [6, 6.07) is 3.56. The minimum absolute atomic E-state index is 0.113. The van der Waals surface area contributed by atoms with Crippen molar-refractivity contribution in [1.29, 1.82) is 0 Å². The van der Waals surface area contributed by atoms with E-state index in [9.17, 15) is 14.7 Å². The highest BCUT2D eigenvalue weighted by Crippen LogP contribution is 2.48. The van der Waals surface area contributed by atoms with Crippen LogP contribution in [0.15, 0.2) is 12.1 Å². The van der Waals surface area contributed by atoms with Crippen LogP contribution in [-0.4, -0.2) is 22.3 Å². The van der Waals surface area contributed by atoms with Gasteiger partial charge in [0.25, 0.3) is 11.7 Å². The molecule has 0 saturated carbocycles. The van der Waals surface area contributed by atoms with Crippen molar-refractivity contribution in [1.82, 2.24) is 0 Å². The van der Waals surface area contributed by atoms with Gasteiger partial charge in [-0.25, -0.2) is 0 Å². The van der Waals surface area contributed by atoms with E-state index in [0.717, 1.165) is 17.7 Å². The zero-order valence-corrected chi connectivity index (χ0v) is 11.4. The predicted octanol–water partition coefficient (Wildman–Crippen LogP) is 1.99. The summed E-state index contributed by atoms with van der Waals surface area (Å²) in [4.78, 5) is 26.0. The first-order valence-electron chi connectivity index (χ1n) is 6.53. The molecule has 4 nitrogen and oxygen atoms in total. The second kappa shape index (κ2) is 3.67. The topological polar surface area (TPSA) is 57.6 Å². The Kier molecular flexibility index (Phi) is 2.39. The number of carbonyl (C=O) groups excluding carboxylic acids is 2. The third kappa shape index (κ3) is 1.49. The van der Waals surface area contributed by atoms with E-state index in [1.165, 1.54) is 0 Å². The first kappa shape index (κ1) is 12.4. The van der Waals surface area contributed by atoms with Crippen molar-refractivity contribution in [3.05, 3.63) is 28.8 Å². The highest BCUT2D eigenvalue weighted by Gasteiger charge is 2.49. The van der Waals surface area contributed by atoms with Gasteiger partial charge >= 0.3 is 0 Å². The molecular weight excluding hydrogens is 242 g/mol. The van der Waals surface area contributed by atoms with Crippen LogP contribution in [0.1, 0.15) is 54.6 Å². The van der Waals surface area contributed by atoms with Gasteiger partial charge in [-0.2, -0.15) is 0 Å². The van der Waals surface area contributed by atoms with Crippen molar-refractivity contribution in [3.8, 4) is 0 Å². The zero-order chi connectivity index (χ0) is 13.9. The van der Waals surface area contributed by atoms with Gasteiger partial charge in [0.15, 0.2) is 0 Å². The van der Waals surface area contributed by atoms with Gasteiger partial charge in [-0.1, -0.05) is 13.0 Å². The van der Waals surface area contributed by atoms with Gasteiger partial charge in [0.1, 0.15) is 0 Å². The number of nitrogens with zero attached hydrogens (tertiary/aromatic N) is 1. The van der Waals surface area contributed by atoms with Crippen molar-refractivity contribution in [2.24, 2.45) is 0 Å². The summed E-state index contributed by atoms with van der Waals surface area (Å²) in [5, 5.41) is 9.30. The lowest BCUT2D eigenvalue weighted by atomic mass is 9.80. The van der Waals surface area contributed by atoms with Crippen LogP contribution >= 0.6 is 0 Å². The number of hydrogen-bond donors (Lipinski definition) is 1. The van der Waals surface area contributed by atoms with Crippen LogP contribution in [-0.2, 0) is 11.4 Å². The number of aliphatic hydroxyl groups excluding tert-OH is 1. The third-order valence-electron chi connectivity index (χ3n) is 4.19. The number of anilines is 1. The number of amides is 1. The molecule has 0 aromatic heterocycles. The molecule has 1 aromatic rings. The molecule has 0 aliphatic carbocycles. The van der Waals surface area contributed by atoms with Crippen molar-refractivity contribution in [2.45, 2.75) is 45.3 Å². The normalized spacial score (nSPS) is 23.8. The average molecular weight is 259 g/mol. The smallest absolute Gasteiger partial charge is 0.299 e. The number of aliphatic hydroxyl groups is 1. The molecule has 2 aliphatic rings. The summed E-state index contributed by atoms with van der Waals surface area (Å²) < 4.78 is 0. The molecule has 0 fully saturated rings. The molecule has 2 heterocycles. The highest BCUT2D eigenvalue weighted by atomic mass is 16.3. The maximum atomic E-state index is 12.2. The maximum absolute atomic E-state index is 12.2. The lowest BCUT2D eigenvalue weighted by Gasteiger charge is -2.43. The number of Topliss-reactive ketones (excluding diaryl/α,β-unsaturated/α-hetero) is 1. The van der Waals surface area contributed by atoms with Gasteiger partial charge in [-0.15, -0.1) is 0 Å². The molecule has 0 radical (unpaired) electrons. The van der Waals surface area contributed by atoms with Gasteiger partial charge < -0.3 is 5.11 Å². The molecule has 3 rings (SSSR count). The Bertz CT molecular complexity index is 604. The van der Waals surface area contributed by atoms with Crippen molar-refractivity contribution in [2.75, 3.05) is 4.90 Å². The molecule has 1 atom stereocenters. The van der Waals surface area contributed by atoms with Crippen molar-refractivity contribution < 1.29 is 14.7 Å². The molecule has 0 spiro atoms. The molecule has 19 heavy (non-hydrogen) atoms. The number of benzene rings is 1. The number of carbonyl (C=O) groups is 2. The molecule has 1 amide bonds. The van der Waals surface area contributed by atoms with E-state index in [2.05, 4.69) is 6.92 Å². The van der Waals surface area contributed by atoms with Crippen LogP contribution in [0.2, 0.25) is 0 Å². The van der Waals surface area contributed by atoms with E-state index in [1.54, 1.807) is 11.0 Å². The Morgan fingerprint density at radius 2 is 2.05 bits per heavy atom. The number of ketones is 1. The summed E-state index contributed by atoms with van der Waals surface area (Å²) in [7, 11) is 0. The first-order chi connectivity index (χ1) is 8.86. The van der Waals surface area contributed by atoms with E-state index in [-0.39, 0.29) is 18.1 Å². The largest absolute Gasteiger partial charge is 0.392 e. The first-order valence-corrected chi connectivity index (χ1v) is 6.53. The number of rotatable bonds is 1. The Labute approximate surface area is 112 Å². The van der Waals surface area contributed by atoms with Crippen LogP contribution in [0.3, 0.4) is 0 Å².